The largest absolute Gasteiger partial charge is 0.309 e. The highest BCUT2D eigenvalue weighted by Gasteiger charge is 2.31. The van der Waals surface area contributed by atoms with Crippen LogP contribution >= 0.6 is 0 Å². The third-order valence-corrected chi connectivity index (χ3v) is 21.5. The highest BCUT2D eigenvalue weighted by molar-refractivity contribution is 6.23. The summed E-state index contributed by atoms with van der Waals surface area (Å²) in [5, 5.41) is 8.38. The highest BCUT2D eigenvalue weighted by atomic mass is 15.0. The van der Waals surface area contributed by atoms with E-state index in [1.165, 1.54) is 54.5 Å². The number of benzene rings is 15. The average molecular weight is 1350 g/mol. The lowest BCUT2D eigenvalue weighted by Crippen LogP contribution is -2.04. The summed E-state index contributed by atoms with van der Waals surface area (Å²) in [6.45, 7) is 17.4. The molecular weight excluding hydrogens is 1280 g/mol. The predicted molar refractivity (Wildman–Crippen MR) is 453 cm³/mol. The summed E-state index contributed by atoms with van der Waals surface area (Å²) < 4.78 is 9.60. The van der Waals surface area contributed by atoms with E-state index < -0.39 is 0 Å². The van der Waals surface area contributed by atoms with Crippen LogP contribution in [0.4, 0.5) is 0 Å². The number of para-hydroxylation sites is 5. The second-order valence-electron chi connectivity index (χ2n) is 27.1. The van der Waals surface area contributed by atoms with E-state index in [0.29, 0.717) is 0 Å². The smallest absolute Gasteiger partial charge is 0.0547 e. The first kappa shape index (κ1) is 62.9. The van der Waals surface area contributed by atoms with Crippen molar-refractivity contribution in [2.24, 2.45) is 0 Å². The number of allylic oxidation sites excluding steroid dienone is 4. The zero-order chi connectivity index (χ0) is 70.9. The van der Waals surface area contributed by atoms with Crippen LogP contribution in [0.2, 0.25) is 0 Å². The van der Waals surface area contributed by atoms with Gasteiger partial charge in [-0.3, -0.25) is 0 Å². The number of nitrogens with zero attached hydrogens (tertiary/aromatic N) is 4. The van der Waals surface area contributed by atoms with Gasteiger partial charge >= 0.3 is 0 Å². The summed E-state index contributed by atoms with van der Waals surface area (Å²) in [5.41, 5.74) is 32.0. The molecule has 0 atom stereocenters. The van der Waals surface area contributed by atoms with Crippen LogP contribution in [0.1, 0.15) is 16.8 Å². The van der Waals surface area contributed by atoms with Crippen LogP contribution in [0, 0.1) is 0 Å². The number of aromatic nitrogens is 4. The van der Waals surface area contributed by atoms with Crippen molar-refractivity contribution in [2.45, 2.75) is 0 Å². The zero-order valence-electron chi connectivity index (χ0n) is 58.4. The molecule has 0 aliphatic heterocycles. The van der Waals surface area contributed by atoms with E-state index in [1.54, 1.807) is 0 Å². The first-order valence-electron chi connectivity index (χ1n) is 36.2. The van der Waals surface area contributed by atoms with Crippen LogP contribution in [0.25, 0.3) is 195 Å². The van der Waals surface area contributed by atoms with E-state index in [4.69, 9.17) is 0 Å². The molecule has 0 radical (unpaired) electrons. The molecule has 19 aromatic rings. The average Bonchev–Trinajstić information content (AvgIpc) is 1.71. The van der Waals surface area contributed by atoms with Gasteiger partial charge in [0.05, 0.1) is 44.3 Å². The van der Waals surface area contributed by atoms with E-state index in [9.17, 15) is 0 Å². The van der Waals surface area contributed by atoms with Gasteiger partial charge in [0.25, 0.3) is 0 Å². The second-order valence-corrected chi connectivity index (χ2v) is 27.1. The van der Waals surface area contributed by atoms with Gasteiger partial charge in [-0.05, 0) is 186 Å². The van der Waals surface area contributed by atoms with E-state index in [0.717, 1.165) is 145 Å². The van der Waals surface area contributed by atoms with E-state index in [1.807, 2.05) is 24.3 Å². The van der Waals surface area contributed by atoms with Crippen molar-refractivity contribution < 1.29 is 0 Å². The Morgan fingerprint density at radius 3 is 1.02 bits per heavy atom. The van der Waals surface area contributed by atoms with Gasteiger partial charge in [0.15, 0.2) is 0 Å². The van der Waals surface area contributed by atoms with Gasteiger partial charge in [-0.25, -0.2) is 0 Å². The molecule has 4 aromatic heterocycles. The van der Waals surface area contributed by atoms with Gasteiger partial charge in [-0.1, -0.05) is 305 Å². The molecule has 498 valence electrons. The third kappa shape index (κ3) is 10.1. The Bertz CT molecular complexity index is 6730. The van der Waals surface area contributed by atoms with Crippen molar-refractivity contribution in [1.29, 1.82) is 0 Å². The first-order chi connectivity index (χ1) is 52.5. The summed E-state index contributed by atoms with van der Waals surface area (Å²) in [6.07, 6.45) is 9.90. The predicted octanol–water partition coefficient (Wildman–Crippen LogP) is 27.6. The van der Waals surface area contributed by atoms with Gasteiger partial charge in [-0.2, -0.15) is 0 Å². The van der Waals surface area contributed by atoms with Crippen LogP contribution in [-0.4, -0.2) is 18.3 Å². The Kier molecular flexibility index (Phi) is 15.5. The standard InChI is InChI=1S/C102H70N4/c1-5-32-67(6-2)95-96(68-33-12-9-13-34-68)100(98(70-37-16-11-17-38-70)97(69-35-14-10-15-36-69)99(95)71-57-61-75(62-58-71)103-89-51-24-19-44-81(89)82-45-20-25-52-90(82)103)72-59-63-76(64-60-72)104-91-53-26-21-46-85(91)101-83(48-30-55-93(101)104)84-49-31-56-94-102(84)86-47-22-27-54-92(86)106(94)78-42-29-40-74(66-78)73-39-28-41-77(65-73)105-87(8-4)79(7-3)80-43-18-23-50-88(80)105/h5-66H,1-4H2. The van der Waals surface area contributed by atoms with Crippen LogP contribution in [0.15, 0.2) is 390 Å². The molecule has 0 amide bonds. The fourth-order valence-corrected chi connectivity index (χ4v) is 17.1. The highest BCUT2D eigenvalue weighted by Crippen LogP contribution is 2.56. The molecule has 0 saturated carbocycles. The van der Waals surface area contributed by atoms with Gasteiger partial charge in [0, 0.05) is 66.0 Å². The van der Waals surface area contributed by atoms with Crippen molar-refractivity contribution in [3.05, 3.63) is 407 Å². The normalized spacial score (nSPS) is 11.8. The van der Waals surface area contributed by atoms with Gasteiger partial charge in [-0.15, -0.1) is 0 Å². The minimum atomic E-state index is 0.964. The lowest BCUT2D eigenvalue weighted by atomic mass is 9.74. The lowest BCUT2D eigenvalue weighted by molar-refractivity contribution is 1.11. The minimum absolute atomic E-state index is 0.964. The molecule has 0 saturated heterocycles. The van der Waals surface area contributed by atoms with E-state index in [-0.39, 0.29) is 0 Å². The Morgan fingerprint density at radius 1 is 0.245 bits per heavy atom. The van der Waals surface area contributed by atoms with Crippen molar-refractivity contribution in [1.82, 2.24) is 18.3 Å². The molecule has 4 heteroatoms. The summed E-state index contributed by atoms with van der Waals surface area (Å²) in [7, 11) is 0. The monoisotopic (exact) mass is 1350 g/mol. The molecular formula is C102H70N4. The molecule has 0 fully saturated rings. The molecule has 0 spiro atoms. The maximum atomic E-state index is 4.58. The summed E-state index contributed by atoms with van der Waals surface area (Å²) in [5.74, 6) is 0. The van der Waals surface area contributed by atoms with Crippen molar-refractivity contribution >= 4 is 94.0 Å². The molecule has 0 bridgehead atoms. The van der Waals surface area contributed by atoms with Crippen LogP contribution in [0.3, 0.4) is 0 Å². The van der Waals surface area contributed by atoms with Crippen molar-refractivity contribution in [2.75, 3.05) is 0 Å². The lowest BCUT2D eigenvalue weighted by Gasteiger charge is -2.29. The number of hydrogen-bond donors (Lipinski definition) is 0. The molecule has 4 heterocycles. The van der Waals surface area contributed by atoms with Crippen LogP contribution in [0.5, 0.6) is 0 Å². The maximum absolute atomic E-state index is 4.58. The Labute approximate surface area is 616 Å². The fraction of sp³-hybridized carbons (Fsp3) is 0. The quantitative estimate of drug-likeness (QED) is 0.0859. The van der Waals surface area contributed by atoms with Gasteiger partial charge < -0.3 is 18.3 Å². The molecule has 0 unspecified atom stereocenters. The summed E-state index contributed by atoms with van der Waals surface area (Å²) >= 11 is 0. The van der Waals surface area contributed by atoms with Crippen molar-refractivity contribution in [3.63, 3.8) is 0 Å². The molecule has 0 aliphatic carbocycles. The minimum Gasteiger partial charge on any atom is -0.309 e. The van der Waals surface area contributed by atoms with Gasteiger partial charge in [0.1, 0.15) is 0 Å². The van der Waals surface area contributed by atoms with E-state index in [2.05, 4.69) is 396 Å². The molecule has 19 rings (SSSR count). The number of fused-ring (bicyclic) bond motifs is 10. The molecule has 0 aliphatic rings. The number of rotatable bonds is 16. The van der Waals surface area contributed by atoms with E-state index >= 15 is 0 Å². The molecule has 4 nitrogen and oxygen atoms in total. The van der Waals surface area contributed by atoms with Gasteiger partial charge in [0.2, 0.25) is 0 Å². The Balaban J connectivity index is 0.784. The molecule has 0 N–H and O–H groups in total. The first-order valence-corrected chi connectivity index (χ1v) is 36.2. The zero-order valence-corrected chi connectivity index (χ0v) is 58.4. The third-order valence-electron chi connectivity index (χ3n) is 21.5. The van der Waals surface area contributed by atoms with Crippen molar-refractivity contribution in [3.8, 4) is 101 Å². The Hall–Kier alpha value is -14.1. The maximum Gasteiger partial charge on any atom is 0.0547 e. The topological polar surface area (TPSA) is 19.7 Å². The summed E-state index contributed by atoms with van der Waals surface area (Å²) in [6, 6.07) is 127. The number of hydrogen-bond acceptors (Lipinski definition) is 0. The van der Waals surface area contributed by atoms with Crippen LogP contribution in [-0.2, 0) is 0 Å². The molecule has 15 aromatic carbocycles. The summed E-state index contributed by atoms with van der Waals surface area (Å²) in [4.78, 5) is 0. The fourth-order valence-electron chi connectivity index (χ4n) is 17.1. The SMILES string of the molecule is C=CC=C(C=C)c1c(-c2ccc(-n3c4ccccc4c4ccccc43)cc2)c(-c2ccccc2)c(-c2ccccc2)c(-c2ccc(-n3c4ccccc4c4c(-c5cccc6c5c5ccccc5n6-c5cccc(-c6cccc(-n7c(C=C)c(C=C)c8ccccc87)c6)c5)cccc43)cc2)c1-c1ccccc1. The Morgan fingerprint density at radius 2 is 0.575 bits per heavy atom. The molecule has 106 heavy (non-hydrogen) atoms. The second kappa shape index (κ2) is 26.1. The van der Waals surface area contributed by atoms with Crippen LogP contribution < -0.4 is 0 Å².